The van der Waals surface area contributed by atoms with Crippen LogP contribution < -0.4 is 5.32 Å². The van der Waals surface area contributed by atoms with E-state index in [9.17, 15) is 13.2 Å². The number of aromatic nitrogens is 2. The van der Waals surface area contributed by atoms with Crippen LogP contribution in [0.25, 0.3) is 0 Å². The van der Waals surface area contributed by atoms with Crippen LogP contribution in [-0.2, 0) is 27.7 Å². The van der Waals surface area contributed by atoms with E-state index in [0.717, 1.165) is 35.6 Å². The molecule has 1 saturated heterocycles. The minimum Gasteiger partial charge on any atom is -0.300 e. The quantitative estimate of drug-likeness (QED) is 0.821. The van der Waals surface area contributed by atoms with Crippen molar-refractivity contribution in [2.24, 2.45) is 0 Å². The van der Waals surface area contributed by atoms with Gasteiger partial charge < -0.3 is 5.32 Å². The van der Waals surface area contributed by atoms with E-state index in [4.69, 9.17) is 0 Å². The number of nitrogens with zero attached hydrogens (tertiary/aromatic N) is 3. The Morgan fingerprint density at radius 3 is 2.67 bits per heavy atom. The number of amides is 1. The van der Waals surface area contributed by atoms with Crippen molar-refractivity contribution in [3.63, 3.8) is 0 Å². The summed E-state index contributed by atoms with van der Waals surface area (Å²) in [7, 11) is -3.41. The molecule has 0 spiro atoms. The maximum atomic E-state index is 12.5. The Bertz CT molecular complexity index is 822. The van der Waals surface area contributed by atoms with Crippen LogP contribution in [0.2, 0.25) is 0 Å². The lowest BCUT2D eigenvalue weighted by Crippen LogP contribution is -2.27. The van der Waals surface area contributed by atoms with Gasteiger partial charge in [0.25, 0.3) is 10.0 Å². The van der Waals surface area contributed by atoms with Crippen LogP contribution in [0.5, 0.6) is 0 Å². The number of hydrogen-bond acceptors (Lipinski definition) is 7. The fourth-order valence-corrected chi connectivity index (χ4v) is 6.14. The number of carbonyl (C=O) groups excluding carboxylic acids is 1. The molecule has 0 atom stereocenters. The maximum Gasteiger partial charge on any atom is 0.252 e. The van der Waals surface area contributed by atoms with Crippen molar-refractivity contribution in [1.82, 2.24) is 14.5 Å². The Labute approximate surface area is 148 Å². The second kappa shape index (κ2) is 7.26. The van der Waals surface area contributed by atoms with Gasteiger partial charge >= 0.3 is 0 Å². The molecule has 2 aromatic heterocycles. The predicted molar refractivity (Wildman–Crippen MR) is 93.9 cm³/mol. The predicted octanol–water partition coefficient (Wildman–Crippen LogP) is 2.13. The fourth-order valence-electron chi connectivity index (χ4n) is 2.42. The van der Waals surface area contributed by atoms with Crippen LogP contribution >= 0.6 is 22.7 Å². The van der Waals surface area contributed by atoms with Gasteiger partial charge in [-0.15, -0.1) is 21.5 Å². The highest BCUT2D eigenvalue weighted by atomic mass is 32.2. The molecule has 1 amide bonds. The highest BCUT2D eigenvalue weighted by molar-refractivity contribution is 7.91. The molecule has 1 aliphatic heterocycles. The molecular weight excluding hydrogens is 368 g/mol. The van der Waals surface area contributed by atoms with Crippen LogP contribution in [-0.4, -0.2) is 41.9 Å². The molecule has 24 heavy (non-hydrogen) atoms. The molecule has 0 bridgehead atoms. The number of hydrogen-bond donors (Lipinski definition) is 1. The molecule has 3 heterocycles. The monoisotopic (exact) mass is 386 g/mol. The molecule has 1 N–H and O–H groups in total. The highest BCUT2D eigenvalue weighted by Crippen LogP contribution is 2.27. The van der Waals surface area contributed by atoms with Crippen molar-refractivity contribution in [2.45, 2.75) is 36.8 Å². The highest BCUT2D eigenvalue weighted by Gasteiger charge is 2.28. The molecule has 0 aliphatic carbocycles. The van der Waals surface area contributed by atoms with Crippen LogP contribution in [0.1, 0.15) is 29.7 Å². The lowest BCUT2D eigenvalue weighted by atomic mass is 10.3. The van der Waals surface area contributed by atoms with Gasteiger partial charge in [0.15, 0.2) is 0 Å². The number of nitrogens with one attached hydrogen (secondary N) is 1. The number of rotatable bonds is 6. The van der Waals surface area contributed by atoms with E-state index < -0.39 is 10.0 Å². The average Bonchev–Trinajstić information content (AvgIpc) is 3.28. The zero-order valence-corrected chi connectivity index (χ0v) is 15.6. The lowest BCUT2D eigenvalue weighted by molar-refractivity contribution is -0.115. The topological polar surface area (TPSA) is 92.3 Å². The fraction of sp³-hybridized carbons (Fsp3) is 0.500. The van der Waals surface area contributed by atoms with Crippen molar-refractivity contribution in [2.75, 3.05) is 18.4 Å². The van der Waals surface area contributed by atoms with Gasteiger partial charge in [-0.25, -0.2) is 8.42 Å². The molecule has 3 rings (SSSR count). The molecule has 2 aromatic rings. The number of thiophene rings is 1. The molecule has 0 aromatic carbocycles. The first-order valence-corrected chi connectivity index (χ1v) is 10.8. The Morgan fingerprint density at radius 2 is 2.00 bits per heavy atom. The Morgan fingerprint density at radius 1 is 1.25 bits per heavy atom. The standard InChI is InChI=1S/C14H18N4O3S3/c1-2-12-16-17-14(23-12)15-11(19)9-10-5-6-13(22-10)24(20,21)18-7-3-4-8-18/h5-6H,2-4,7-9H2,1H3,(H,15,17,19). The summed E-state index contributed by atoms with van der Waals surface area (Å²) in [5.41, 5.74) is 0. The molecule has 130 valence electrons. The van der Waals surface area contributed by atoms with Crippen molar-refractivity contribution in [1.29, 1.82) is 0 Å². The minimum absolute atomic E-state index is 0.126. The summed E-state index contributed by atoms with van der Waals surface area (Å²) in [6.07, 6.45) is 2.71. The van der Waals surface area contributed by atoms with Crippen molar-refractivity contribution >= 4 is 43.7 Å². The number of aryl methyl sites for hydroxylation is 1. The first kappa shape index (κ1) is 17.5. The van der Waals surface area contributed by atoms with Crippen molar-refractivity contribution in [3.05, 3.63) is 22.0 Å². The number of anilines is 1. The summed E-state index contributed by atoms with van der Waals surface area (Å²) < 4.78 is 26.8. The Hall–Kier alpha value is -1.36. The molecule has 0 radical (unpaired) electrons. The van der Waals surface area contributed by atoms with Crippen molar-refractivity contribution < 1.29 is 13.2 Å². The van der Waals surface area contributed by atoms with Gasteiger partial charge in [0.05, 0.1) is 6.42 Å². The smallest absolute Gasteiger partial charge is 0.252 e. The van der Waals surface area contributed by atoms with Crippen molar-refractivity contribution in [3.8, 4) is 0 Å². The molecule has 0 saturated carbocycles. The van der Waals surface area contributed by atoms with Gasteiger partial charge in [-0.3, -0.25) is 4.79 Å². The first-order chi connectivity index (χ1) is 11.5. The number of sulfonamides is 1. The minimum atomic E-state index is -3.41. The van der Waals surface area contributed by atoms with Gasteiger partial charge in [-0.1, -0.05) is 18.3 Å². The van der Waals surface area contributed by atoms with Crippen LogP contribution in [0.4, 0.5) is 5.13 Å². The van der Waals surface area contributed by atoms with E-state index in [1.165, 1.54) is 15.6 Å². The third-order valence-electron chi connectivity index (χ3n) is 3.65. The van der Waals surface area contributed by atoms with E-state index in [1.807, 2.05) is 6.92 Å². The van der Waals surface area contributed by atoms with E-state index in [1.54, 1.807) is 12.1 Å². The van der Waals surface area contributed by atoms with E-state index in [2.05, 4.69) is 15.5 Å². The summed E-state index contributed by atoms with van der Waals surface area (Å²) in [6, 6.07) is 3.28. The summed E-state index contributed by atoms with van der Waals surface area (Å²) in [6.45, 7) is 3.12. The maximum absolute atomic E-state index is 12.5. The van der Waals surface area contributed by atoms with Gasteiger partial charge in [0.2, 0.25) is 11.0 Å². The summed E-state index contributed by atoms with van der Waals surface area (Å²) in [5.74, 6) is -0.222. The zero-order valence-electron chi connectivity index (χ0n) is 13.2. The molecule has 1 aliphatic rings. The second-order valence-electron chi connectivity index (χ2n) is 5.41. The summed E-state index contributed by atoms with van der Waals surface area (Å²) in [4.78, 5) is 12.8. The third-order valence-corrected chi connectivity index (χ3v) is 8.08. The van der Waals surface area contributed by atoms with Crippen LogP contribution in [0, 0.1) is 0 Å². The Balaban J connectivity index is 1.64. The zero-order chi connectivity index (χ0) is 17.2. The van der Waals surface area contributed by atoms with Gasteiger partial charge in [0, 0.05) is 18.0 Å². The molecule has 10 heteroatoms. The second-order valence-corrected chi connectivity index (χ2v) is 9.81. The van der Waals surface area contributed by atoms with E-state index in [0.29, 0.717) is 27.3 Å². The Kier molecular flexibility index (Phi) is 5.28. The molecule has 7 nitrogen and oxygen atoms in total. The third kappa shape index (κ3) is 3.82. The van der Waals surface area contributed by atoms with Gasteiger partial charge in [-0.2, -0.15) is 4.31 Å². The summed E-state index contributed by atoms with van der Waals surface area (Å²) >= 11 is 2.50. The largest absolute Gasteiger partial charge is 0.300 e. The molecular formula is C14H18N4O3S3. The number of carbonyl (C=O) groups is 1. The SMILES string of the molecule is CCc1nnc(NC(=O)Cc2ccc(S(=O)(=O)N3CCCC3)s2)s1. The van der Waals surface area contributed by atoms with E-state index in [-0.39, 0.29) is 12.3 Å². The van der Waals surface area contributed by atoms with Crippen LogP contribution in [0.3, 0.4) is 0 Å². The normalized spacial score (nSPS) is 15.7. The lowest BCUT2D eigenvalue weighted by Gasteiger charge is -2.13. The molecule has 1 fully saturated rings. The van der Waals surface area contributed by atoms with Gasteiger partial charge in [-0.05, 0) is 31.4 Å². The molecule has 0 unspecified atom stereocenters. The first-order valence-electron chi connectivity index (χ1n) is 7.70. The van der Waals surface area contributed by atoms with Gasteiger partial charge in [0.1, 0.15) is 9.22 Å². The van der Waals surface area contributed by atoms with Crippen LogP contribution in [0.15, 0.2) is 16.3 Å². The van der Waals surface area contributed by atoms with E-state index >= 15 is 0 Å². The summed E-state index contributed by atoms with van der Waals surface area (Å²) in [5, 5.41) is 11.9. The average molecular weight is 387 g/mol.